The highest BCUT2D eigenvalue weighted by atomic mass is 33.1. The molecule has 4 rings (SSSR count). The molecule has 4 aromatic rings. The summed E-state index contributed by atoms with van der Waals surface area (Å²) < 4.78 is 0. The number of azo groups is 1. The Bertz CT molecular complexity index is 1540. The molecule has 0 aliphatic rings. The van der Waals surface area contributed by atoms with Crippen LogP contribution in [0.1, 0.15) is 20.7 Å². The van der Waals surface area contributed by atoms with Crippen LogP contribution >= 0.6 is 21.6 Å². The number of rotatable bonds is 15. The van der Waals surface area contributed by atoms with Crippen molar-refractivity contribution in [3.63, 3.8) is 0 Å². The lowest BCUT2D eigenvalue weighted by molar-refractivity contribution is 0.0948. The zero-order chi connectivity index (χ0) is 32.0. The molecule has 9 nitrogen and oxygen atoms in total. The van der Waals surface area contributed by atoms with Crippen LogP contribution in [0.3, 0.4) is 0 Å². The summed E-state index contributed by atoms with van der Waals surface area (Å²) >= 11 is 0. The van der Waals surface area contributed by atoms with Crippen molar-refractivity contribution >= 4 is 67.5 Å². The molecular formula is C34H39N7O2S2. The van der Waals surface area contributed by atoms with Gasteiger partial charge in [-0.3, -0.25) is 9.59 Å². The maximum Gasteiger partial charge on any atom is 0.251 e. The van der Waals surface area contributed by atoms with Crippen molar-refractivity contribution in [2.75, 3.05) is 67.9 Å². The van der Waals surface area contributed by atoms with E-state index in [1.807, 2.05) is 93.8 Å². The molecule has 2 amide bonds. The predicted octanol–water partition coefficient (Wildman–Crippen LogP) is 7.52. The summed E-state index contributed by atoms with van der Waals surface area (Å²) in [5, 5.41) is 17.8. The average Bonchev–Trinajstić information content (AvgIpc) is 3.05. The fourth-order valence-electron chi connectivity index (χ4n) is 4.06. The molecule has 0 aliphatic carbocycles. The third kappa shape index (κ3) is 10.9. The number of anilines is 4. The van der Waals surface area contributed by atoms with Gasteiger partial charge in [-0.05, 0) is 97.1 Å². The van der Waals surface area contributed by atoms with Crippen LogP contribution in [0.5, 0.6) is 0 Å². The first-order valence-corrected chi connectivity index (χ1v) is 17.0. The predicted molar refractivity (Wildman–Crippen MR) is 191 cm³/mol. The molecule has 0 unspecified atom stereocenters. The van der Waals surface area contributed by atoms with Gasteiger partial charge in [0.2, 0.25) is 0 Å². The van der Waals surface area contributed by atoms with Crippen LogP contribution in [0.15, 0.2) is 107 Å². The van der Waals surface area contributed by atoms with Crippen LogP contribution in [-0.2, 0) is 0 Å². The normalized spacial score (nSPS) is 10.8. The van der Waals surface area contributed by atoms with Gasteiger partial charge in [0.25, 0.3) is 11.8 Å². The van der Waals surface area contributed by atoms with E-state index in [2.05, 4.69) is 43.2 Å². The van der Waals surface area contributed by atoms with Crippen molar-refractivity contribution in [1.29, 1.82) is 0 Å². The van der Waals surface area contributed by atoms with Gasteiger partial charge in [-0.2, -0.15) is 10.2 Å². The van der Waals surface area contributed by atoms with Gasteiger partial charge >= 0.3 is 0 Å². The van der Waals surface area contributed by atoms with Crippen LogP contribution in [0.4, 0.5) is 34.1 Å². The molecule has 0 atom stereocenters. The Hall–Kier alpha value is -4.48. The van der Waals surface area contributed by atoms with Crippen molar-refractivity contribution in [2.24, 2.45) is 10.2 Å². The van der Waals surface area contributed by atoms with Gasteiger partial charge in [-0.25, -0.2) is 0 Å². The number of amides is 2. The van der Waals surface area contributed by atoms with E-state index < -0.39 is 0 Å². The van der Waals surface area contributed by atoms with Gasteiger partial charge in [0.05, 0.1) is 11.4 Å². The second-order valence-electron chi connectivity index (χ2n) is 10.5. The first-order valence-electron chi connectivity index (χ1n) is 14.5. The van der Waals surface area contributed by atoms with Crippen molar-refractivity contribution in [3.8, 4) is 0 Å². The zero-order valence-electron chi connectivity index (χ0n) is 26.0. The second kappa shape index (κ2) is 17.1. The lowest BCUT2D eigenvalue weighted by Crippen LogP contribution is -2.26. The highest BCUT2D eigenvalue weighted by Gasteiger charge is 2.07. The Morgan fingerprint density at radius 1 is 0.556 bits per heavy atom. The van der Waals surface area contributed by atoms with Gasteiger partial charge in [0, 0.05) is 86.7 Å². The molecule has 0 radical (unpaired) electrons. The van der Waals surface area contributed by atoms with E-state index in [0.29, 0.717) is 29.9 Å². The van der Waals surface area contributed by atoms with Gasteiger partial charge in [0.1, 0.15) is 0 Å². The van der Waals surface area contributed by atoms with E-state index >= 15 is 0 Å². The molecule has 0 heterocycles. The summed E-state index contributed by atoms with van der Waals surface area (Å²) in [6.07, 6.45) is 0. The van der Waals surface area contributed by atoms with E-state index in [9.17, 15) is 9.59 Å². The quantitative estimate of drug-likeness (QED) is 0.0701. The highest BCUT2D eigenvalue weighted by molar-refractivity contribution is 8.76. The number of hydrogen-bond donors (Lipinski definition) is 3. The first kappa shape index (κ1) is 33.4. The molecule has 234 valence electrons. The SMILES string of the molecule is CN(C)c1ccc(/N=N/c2ccc(C(=O)NCCSSCCNC(=O)c3ccc(Nc4ccc(N(C)C)cc4)cc3)cc2)cc1. The molecule has 0 fully saturated rings. The largest absolute Gasteiger partial charge is 0.378 e. The molecule has 45 heavy (non-hydrogen) atoms. The van der Waals surface area contributed by atoms with Crippen molar-refractivity contribution in [1.82, 2.24) is 10.6 Å². The molecule has 0 saturated heterocycles. The Kier molecular flexibility index (Phi) is 12.7. The van der Waals surface area contributed by atoms with Crippen molar-refractivity contribution in [2.45, 2.75) is 0 Å². The molecular weight excluding hydrogens is 603 g/mol. The molecule has 0 saturated carbocycles. The van der Waals surface area contributed by atoms with Crippen LogP contribution < -0.4 is 25.8 Å². The number of carbonyl (C=O) groups excluding carboxylic acids is 2. The summed E-state index contributed by atoms with van der Waals surface area (Å²) in [6.45, 7) is 1.11. The Morgan fingerprint density at radius 2 is 0.911 bits per heavy atom. The standard InChI is InChI=1S/C34H39N7O2S2/c1-40(2)31-17-13-28(14-18-31)37-27-9-5-25(6-10-27)33(42)35-21-23-44-45-24-22-36-34(43)26-7-11-29(12-8-26)38-39-30-15-19-32(20-16-30)41(3)4/h5-20,37H,21-24H2,1-4H3,(H,35,42)(H,36,43)/b39-38+. The molecule has 0 aliphatic heterocycles. The Balaban J connectivity index is 1.07. The molecule has 3 N–H and O–H groups in total. The minimum atomic E-state index is -0.126. The Labute approximate surface area is 273 Å². The second-order valence-corrected chi connectivity index (χ2v) is 13.2. The molecule has 0 aromatic heterocycles. The summed E-state index contributed by atoms with van der Waals surface area (Å²) in [7, 11) is 11.3. The van der Waals surface area contributed by atoms with Crippen LogP contribution in [0, 0.1) is 0 Å². The number of carbonyl (C=O) groups is 2. The lowest BCUT2D eigenvalue weighted by atomic mass is 10.2. The number of nitrogens with one attached hydrogen (secondary N) is 3. The lowest BCUT2D eigenvalue weighted by Gasteiger charge is -2.13. The first-order chi connectivity index (χ1) is 21.8. The maximum absolute atomic E-state index is 12.5. The third-order valence-corrected chi connectivity index (χ3v) is 9.03. The number of hydrogen-bond acceptors (Lipinski definition) is 9. The average molecular weight is 642 g/mol. The van der Waals surface area contributed by atoms with Gasteiger partial charge in [-0.15, -0.1) is 0 Å². The van der Waals surface area contributed by atoms with Gasteiger partial charge < -0.3 is 25.8 Å². The molecule has 4 aromatic carbocycles. The summed E-state index contributed by atoms with van der Waals surface area (Å²) in [6, 6.07) is 30.5. The smallest absolute Gasteiger partial charge is 0.251 e. The van der Waals surface area contributed by atoms with Crippen molar-refractivity contribution < 1.29 is 9.59 Å². The maximum atomic E-state index is 12.5. The summed E-state index contributed by atoms with van der Waals surface area (Å²) in [5.74, 6) is 1.30. The Morgan fingerprint density at radius 3 is 1.33 bits per heavy atom. The molecule has 11 heteroatoms. The van der Waals surface area contributed by atoms with Gasteiger partial charge in [-0.1, -0.05) is 21.6 Å². The fraction of sp³-hybridized carbons (Fsp3) is 0.235. The number of nitrogens with zero attached hydrogens (tertiary/aromatic N) is 4. The van der Waals surface area contributed by atoms with Gasteiger partial charge in [0.15, 0.2) is 0 Å². The van der Waals surface area contributed by atoms with Crippen LogP contribution in [0.25, 0.3) is 0 Å². The van der Waals surface area contributed by atoms with Crippen LogP contribution in [0.2, 0.25) is 0 Å². The van der Waals surface area contributed by atoms with E-state index in [4.69, 9.17) is 0 Å². The minimum Gasteiger partial charge on any atom is -0.378 e. The highest BCUT2D eigenvalue weighted by Crippen LogP contribution is 2.23. The zero-order valence-corrected chi connectivity index (χ0v) is 27.6. The van der Waals surface area contributed by atoms with Crippen molar-refractivity contribution in [3.05, 3.63) is 108 Å². The third-order valence-electron chi connectivity index (χ3n) is 6.62. The fourth-order valence-corrected chi connectivity index (χ4v) is 5.87. The topological polar surface area (TPSA) is 101 Å². The summed E-state index contributed by atoms with van der Waals surface area (Å²) in [5.41, 5.74) is 6.78. The van der Waals surface area contributed by atoms with Crippen LogP contribution in [-0.4, -0.2) is 64.6 Å². The van der Waals surface area contributed by atoms with E-state index in [0.717, 1.165) is 39.9 Å². The molecule has 0 bridgehead atoms. The van der Waals surface area contributed by atoms with E-state index in [1.165, 1.54) is 0 Å². The number of benzene rings is 4. The van der Waals surface area contributed by atoms with E-state index in [1.54, 1.807) is 45.9 Å². The van der Waals surface area contributed by atoms with E-state index in [-0.39, 0.29) is 11.8 Å². The summed E-state index contributed by atoms with van der Waals surface area (Å²) in [4.78, 5) is 29.1. The molecule has 0 spiro atoms. The minimum absolute atomic E-state index is 0.0964. The monoisotopic (exact) mass is 641 g/mol.